The number of rotatable bonds is 4. The highest BCUT2D eigenvalue weighted by Gasteiger charge is 2.07. The van der Waals surface area contributed by atoms with Crippen LogP contribution < -0.4 is 5.32 Å². The van der Waals surface area contributed by atoms with Crippen LogP contribution in [0.1, 0.15) is 27.3 Å². The van der Waals surface area contributed by atoms with Crippen molar-refractivity contribution in [3.63, 3.8) is 0 Å². The van der Waals surface area contributed by atoms with Crippen molar-refractivity contribution in [2.75, 3.05) is 12.4 Å². The molecule has 2 aromatic rings. The third kappa shape index (κ3) is 2.93. The molecule has 0 fully saturated rings. The van der Waals surface area contributed by atoms with Crippen molar-refractivity contribution in [3.05, 3.63) is 46.8 Å². The Labute approximate surface area is 112 Å². The van der Waals surface area contributed by atoms with Crippen molar-refractivity contribution in [2.45, 2.75) is 20.4 Å². The smallest absolute Gasteiger partial charge is 0.337 e. The molecule has 0 saturated heterocycles. The maximum Gasteiger partial charge on any atom is 0.337 e. The Hall–Kier alpha value is -2.30. The SMILES string of the molecule is COC(=O)c1ccc(CNc2c(C)n[nH]c2C)cc1. The van der Waals surface area contributed by atoms with E-state index in [1.165, 1.54) is 7.11 Å². The number of anilines is 1. The first-order valence-electron chi connectivity index (χ1n) is 6.04. The third-order valence-corrected chi connectivity index (χ3v) is 2.97. The summed E-state index contributed by atoms with van der Waals surface area (Å²) >= 11 is 0. The summed E-state index contributed by atoms with van der Waals surface area (Å²) < 4.78 is 4.66. The first-order chi connectivity index (χ1) is 9.11. The van der Waals surface area contributed by atoms with Crippen LogP contribution in [0.4, 0.5) is 5.69 Å². The molecule has 1 aromatic carbocycles. The fourth-order valence-corrected chi connectivity index (χ4v) is 1.88. The van der Waals surface area contributed by atoms with Gasteiger partial charge in [0.25, 0.3) is 0 Å². The number of carbonyl (C=O) groups is 1. The van der Waals surface area contributed by atoms with E-state index in [0.29, 0.717) is 12.1 Å². The van der Waals surface area contributed by atoms with Gasteiger partial charge in [-0.3, -0.25) is 5.10 Å². The molecule has 0 atom stereocenters. The number of esters is 1. The zero-order valence-corrected chi connectivity index (χ0v) is 11.3. The Bertz CT molecular complexity index is 553. The summed E-state index contributed by atoms with van der Waals surface area (Å²) in [7, 11) is 1.38. The van der Waals surface area contributed by atoms with Gasteiger partial charge >= 0.3 is 5.97 Å². The zero-order valence-electron chi connectivity index (χ0n) is 11.3. The summed E-state index contributed by atoms with van der Waals surface area (Å²) in [6.07, 6.45) is 0. The van der Waals surface area contributed by atoms with Crippen LogP contribution in [-0.2, 0) is 11.3 Å². The van der Waals surface area contributed by atoms with E-state index in [2.05, 4.69) is 20.3 Å². The van der Waals surface area contributed by atoms with Gasteiger partial charge < -0.3 is 10.1 Å². The molecule has 0 unspecified atom stereocenters. The second-order valence-electron chi connectivity index (χ2n) is 4.35. The van der Waals surface area contributed by atoms with E-state index in [1.54, 1.807) is 12.1 Å². The molecule has 2 rings (SSSR count). The van der Waals surface area contributed by atoms with Gasteiger partial charge in [0.15, 0.2) is 0 Å². The molecule has 0 bridgehead atoms. The Morgan fingerprint density at radius 3 is 2.53 bits per heavy atom. The van der Waals surface area contributed by atoms with Gasteiger partial charge in [-0.1, -0.05) is 12.1 Å². The number of aromatic amines is 1. The molecule has 100 valence electrons. The van der Waals surface area contributed by atoms with Gasteiger partial charge in [-0.2, -0.15) is 5.10 Å². The molecule has 5 heteroatoms. The van der Waals surface area contributed by atoms with Crippen LogP contribution in [0, 0.1) is 13.8 Å². The summed E-state index contributed by atoms with van der Waals surface area (Å²) in [5.41, 5.74) is 4.64. The van der Waals surface area contributed by atoms with Crippen LogP contribution >= 0.6 is 0 Å². The number of nitrogens with one attached hydrogen (secondary N) is 2. The lowest BCUT2D eigenvalue weighted by molar-refractivity contribution is 0.0600. The first kappa shape index (κ1) is 13.1. The third-order valence-electron chi connectivity index (χ3n) is 2.97. The van der Waals surface area contributed by atoms with Gasteiger partial charge in [0.1, 0.15) is 0 Å². The van der Waals surface area contributed by atoms with Crippen LogP contribution in [-0.4, -0.2) is 23.3 Å². The van der Waals surface area contributed by atoms with Crippen LogP contribution in [0.2, 0.25) is 0 Å². The Kier molecular flexibility index (Phi) is 3.85. The molecule has 0 aliphatic heterocycles. The predicted molar refractivity (Wildman–Crippen MR) is 73.2 cm³/mol. The second-order valence-corrected chi connectivity index (χ2v) is 4.35. The topological polar surface area (TPSA) is 67.0 Å². The number of nitrogens with zero attached hydrogens (tertiary/aromatic N) is 1. The van der Waals surface area contributed by atoms with Crippen LogP contribution in [0.3, 0.4) is 0 Å². The summed E-state index contributed by atoms with van der Waals surface area (Å²) in [5, 5.41) is 10.4. The number of hydrogen-bond acceptors (Lipinski definition) is 4. The molecule has 0 spiro atoms. The normalized spacial score (nSPS) is 10.3. The van der Waals surface area contributed by atoms with Crippen molar-refractivity contribution in [1.82, 2.24) is 10.2 Å². The van der Waals surface area contributed by atoms with Gasteiger partial charge in [0, 0.05) is 6.54 Å². The van der Waals surface area contributed by atoms with Crippen LogP contribution in [0.15, 0.2) is 24.3 Å². The molecule has 2 N–H and O–H groups in total. The van der Waals surface area contributed by atoms with Crippen molar-refractivity contribution < 1.29 is 9.53 Å². The number of carbonyl (C=O) groups excluding carboxylic acids is 1. The molecular weight excluding hydrogens is 242 g/mol. The summed E-state index contributed by atoms with van der Waals surface area (Å²) in [6.45, 7) is 4.61. The molecule has 0 aliphatic rings. The van der Waals surface area contributed by atoms with Crippen molar-refractivity contribution >= 4 is 11.7 Å². The number of methoxy groups -OCH3 is 1. The largest absolute Gasteiger partial charge is 0.465 e. The molecule has 1 aromatic heterocycles. The van der Waals surface area contributed by atoms with E-state index < -0.39 is 0 Å². The molecule has 0 saturated carbocycles. The van der Waals surface area contributed by atoms with E-state index in [4.69, 9.17) is 0 Å². The molecule has 1 heterocycles. The minimum Gasteiger partial charge on any atom is -0.465 e. The number of hydrogen-bond donors (Lipinski definition) is 2. The fraction of sp³-hybridized carbons (Fsp3) is 0.286. The van der Waals surface area contributed by atoms with E-state index in [0.717, 1.165) is 22.6 Å². The summed E-state index contributed by atoms with van der Waals surface area (Å²) in [6, 6.07) is 7.34. The maximum absolute atomic E-state index is 11.3. The summed E-state index contributed by atoms with van der Waals surface area (Å²) in [5.74, 6) is -0.318. The lowest BCUT2D eigenvalue weighted by Gasteiger charge is -2.07. The minimum atomic E-state index is -0.318. The molecule has 0 amide bonds. The molecule has 0 aliphatic carbocycles. The van der Waals surface area contributed by atoms with Crippen molar-refractivity contribution in [3.8, 4) is 0 Å². The van der Waals surface area contributed by atoms with E-state index >= 15 is 0 Å². The quantitative estimate of drug-likeness (QED) is 0.827. The Morgan fingerprint density at radius 2 is 2.00 bits per heavy atom. The molecule has 19 heavy (non-hydrogen) atoms. The number of aryl methyl sites for hydroxylation is 2. The number of aromatic nitrogens is 2. The van der Waals surface area contributed by atoms with Crippen LogP contribution in [0.25, 0.3) is 0 Å². The molecule has 0 radical (unpaired) electrons. The van der Waals surface area contributed by atoms with E-state index in [9.17, 15) is 4.79 Å². The molecule has 5 nitrogen and oxygen atoms in total. The monoisotopic (exact) mass is 259 g/mol. The van der Waals surface area contributed by atoms with Gasteiger partial charge in [-0.05, 0) is 31.5 Å². The fourth-order valence-electron chi connectivity index (χ4n) is 1.88. The highest BCUT2D eigenvalue weighted by Crippen LogP contribution is 2.17. The van der Waals surface area contributed by atoms with Crippen molar-refractivity contribution in [2.24, 2.45) is 0 Å². The zero-order chi connectivity index (χ0) is 13.8. The van der Waals surface area contributed by atoms with Gasteiger partial charge in [-0.25, -0.2) is 4.79 Å². The maximum atomic E-state index is 11.3. The second kappa shape index (κ2) is 5.56. The Morgan fingerprint density at radius 1 is 1.32 bits per heavy atom. The first-order valence-corrected chi connectivity index (χ1v) is 6.04. The standard InChI is InChI=1S/C14H17N3O2/c1-9-13(10(2)17-16-9)15-8-11-4-6-12(7-5-11)14(18)19-3/h4-7,15H,8H2,1-3H3,(H,16,17). The lowest BCUT2D eigenvalue weighted by atomic mass is 10.1. The van der Waals surface area contributed by atoms with Gasteiger partial charge in [0.05, 0.1) is 29.7 Å². The van der Waals surface area contributed by atoms with Crippen LogP contribution in [0.5, 0.6) is 0 Å². The molecular formula is C14H17N3O2. The predicted octanol–water partition coefficient (Wildman–Crippen LogP) is 2.43. The van der Waals surface area contributed by atoms with Crippen molar-refractivity contribution in [1.29, 1.82) is 0 Å². The minimum absolute atomic E-state index is 0.318. The highest BCUT2D eigenvalue weighted by molar-refractivity contribution is 5.89. The average molecular weight is 259 g/mol. The highest BCUT2D eigenvalue weighted by atomic mass is 16.5. The number of benzene rings is 1. The lowest BCUT2D eigenvalue weighted by Crippen LogP contribution is -2.03. The van der Waals surface area contributed by atoms with E-state index in [-0.39, 0.29) is 5.97 Å². The average Bonchev–Trinajstić information content (AvgIpc) is 2.75. The van der Waals surface area contributed by atoms with E-state index in [1.807, 2.05) is 26.0 Å². The van der Waals surface area contributed by atoms with Gasteiger partial charge in [0.2, 0.25) is 0 Å². The number of ether oxygens (including phenoxy) is 1. The Balaban J connectivity index is 2.03. The number of H-pyrrole nitrogens is 1. The van der Waals surface area contributed by atoms with Gasteiger partial charge in [-0.15, -0.1) is 0 Å². The summed E-state index contributed by atoms with van der Waals surface area (Å²) in [4.78, 5) is 11.3.